The highest BCUT2D eigenvalue weighted by molar-refractivity contribution is 5.72. The molecule has 0 radical (unpaired) electrons. The van der Waals surface area contributed by atoms with Crippen molar-refractivity contribution >= 4 is 17.3 Å². The van der Waals surface area contributed by atoms with Crippen LogP contribution in [0.3, 0.4) is 0 Å². The van der Waals surface area contributed by atoms with E-state index in [4.69, 9.17) is 16.2 Å². The van der Waals surface area contributed by atoms with Gasteiger partial charge in [-0.25, -0.2) is 9.97 Å². The summed E-state index contributed by atoms with van der Waals surface area (Å²) < 4.78 is 5.89. The van der Waals surface area contributed by atoms with Gasteiger partial charge in [0.25, 0.3) is 0 Å². The van der Waals surface area contributed by atoms with Crippen LogP contribution in [0.1, 0.15) is 25.7 Å². The first-order valence-electron chi connectivity index (χ1n) is 8.02. The van der Waals surface area contributed by atoms with Gasteiger partial charge in [-0.05, 0) is 37.3 Å². The summed E-state index contributed by atoms with van der Waals surface area (Å²) in [5.74, 6) is 2.41. The smallest absolute Gasteiger partial charge is 0.155 e. The molecule has 0 saturated heterocycles. The molecule has 3 rings (SSSR count). The fraction of sp³-hybridized carbons (Fsp3) is 0.412. The molecule has 1 heterocycles. The molecule has 2 atom stereocenters. The van der Waals surface area contributed by atoms with E-state index in [0.717, 1.165) is 25.2 Å². The second-order valence-corrected chi connectivity index (χ2v) is 6.02. The standard InChI is InChI=1S/C17H23N5O/c18-15-16(19)20-11-21-17(15)22-13-6-4-5-12(9-13)10-23-14-7-2-1-3-8-14/h1-3,7-8,11-13H,4-6,9-10,18H2,(H3,19,20,21,22). The number of nitrogens with two attached hydrogens (primary N) is 2. The molecule has 1 aliphatic rings. The lowest BCUT2D eigenvalue weighted by Crippen LogP contribution is -2.30. The molecule has 1 saturated carbocycles. The molecule has 0 bridgehead atoms. The molecule has 23 heavy (non-hydrogen) atoms. The Morgan fingerprint density at radius 1 is 1.13 bits per heavy atom. The summed E-state index contributed by atoms with van der Waals surface area (Å²) in [5, 5.41) is 3.41. The fourth-order valence-electron chi connectivity index (χ4n) is 3.02. The van der Waals surface area contributed by atoms with Crippen LogP contribution in [0.25, 0.3) is 0 Å². The van der Waals surface area contributed by atoms with E-state index in [9.17, 15) is 0 Å². The lowest BCUT2D eigenvalue weighted by Gasteiger charge is -2.30. The van der Waals surface area contributed by atoms with Crippen molar-refractivity contribution in [2.24, 2.45) is 5.92 Å². The first-order chi connectivity index (χ1) is 11.2. The summed E-state index contributed by atoms with van der Waals surface area (Å²) in [5.41, 5.74) is 12.1. The van der Waals surface area contributed by atoms with E-state index in [1.54, 1.807) is 0 Å². The van der Waals surface area contributed by atoms with Crippen LogP contribution < -0.4 is 21.5 Å². The molecular weight excluding hydrogens is 290 g/mol. The molecule has 0 aliphatic heterocycles. The summed E-state index contributed by atoms with van der Waals surface area (Å²) in [6, 6.07) is 10.3. The van der Waals surface area contributed by atoms with Crippen LogP contribution in [-0.4, -0.2) is 22.6 Å². The number of hydrogen-bond donors (Lipinski definition) is 3. The molecule has 2 unspecified atom stereocenters. The van der Waals surface area contributed by atoms with Crippen LogP contribution in [0.4, 0.5) is 17.3 Å². The first-order valence-corrected chi connectivity index (χ1v) is 8.02. The number of nitrogen functional groups attached to an aromatic ring is 2. The Morgan fingerprint density at radius 3 is 2.78 bits per heavy atom. The topological polar surface area (TPSA) is 99.1 Å². The average Bonchev–Trinajstić information content (AvgIpc) is 2.59. The summed E-state index contributed by atoms with van der Waals surface area (Å²) >= 11 is 0. The van der Waals surface area contributed by atoms with E-state index in [0.29, 0.717) is 29.3 Å². The molecule has 2 aromatic rings. The lowest BCUT2D eigenvalue weighted by atomic mass is 9.86. The Kier molecular flexibility index (Phi) is 4.80. The van der Waals surface area contributed by atoms with Crippen LogP contribution in [0, 0.1) is 5.92 Å². The monoisotopic (exact) mass is 313 g/mol. The molecule has 6 nitrogen and oxygen atoms in total. The molecule has 1 aromatic carbocycles. The normalized spacial score (nSPS) is 20.9. The highest BCUT2D eigenvalue weighted by Gasteiger charge is 2.23. The molecule has 0 spiro atoms. The number of aromatic nitrogens is 2. The maximum Gasteiger partial charge on any atom is 0.155 e. The van der Waals surface area contributed by atoms with Crippen molar-refractivity contribution in [3.05, 3.63) is 36.7 Å². The molecule has 1 aliphatic carbocycles. The predicted octanol–water partition coefficient (Wildman–Crippen LogP) is 2.69. The zero-order chi connectivity index (χ0) is 16.1. The van der Waals surface area contributed by atoms with Crippen LogP contribution in [-0.2, 0) is 0 Å². The average molecular weight is 313 g/mol. The van der Waals surface area contributed by atoms with Gasteiger partial charge in [0.05, 0.1) is 6.61 Å². The van der Waals surface area contributed by atoms with Crippen LogP contribution >= 0.6 is 0 Å². The van der Waals surface area contributed by atoms with Crippen molar-refractivity contribution < 1.29 is 4.74 Å². The van der Waals surface area contributed by atoms with Crippen molar-refractivity contribution in [3.8, 4) is 5.75 Å². The van der Waals surface area contributed by atoms with E-state index in [-0.39, 0.29) is 0 Å². The number of rotatable bonds is 5. The second kappa shape index (κ2) is 7.17. The largest absolute Gasteiger partial charge is 0.493 e. The molecular formula is C17H23N5O. The molecule has 0 amide bonds. The summed E-state index contributed by atoms with van der Waals surface area (Å²) in [6.07, 6.45) is 5.93. The summed E-state index contributed by atoms with van der Waals surface area (Å²) in [6.45, 7) is 0.740. The van der Waals surface area contributed by atoms with Gasteiger partial charge in [0.1, 0.15) is 17.8 Å². The Balaban J connectivity index is 1.55. The number of nitrogens with one attached hydrogen (secondary N) is 1. The SMILES string of the molecule is Nc1ncnc(NC2CCCC(COc3ccccc3)C2)c1N. The Morgan fingerprint density at radius 2 is 1.96 bits per heavy atom. The minimum Gasteiger partial charge on any atom is -0.493 e. The summed E-state index contributed by atoms with van der Waals surface area (Å²) in [4.78, 5) is 8.09. The maximum atomic E-state index is 5.93. The maximum absolute atomic E-state index is 5.93. The minimum absolute atomic E-state index is 0.322. The Labute approximate surface area is 136 Å². The molecule has 1 fully saturated rings. The predicted molar refractivity (Wildman–Crippen MR) is 92.2 cm³/mol. The van der Waals surface area contributed by atoms with Gasteiger partial charge in [-0.3, -0.25) is 0 Å². The van der Waals surface area contributed by atoms with Crippen LogP contribution in [0.5, 0.6) is 5.75 Å². The molecule has 6 heteroatoms. The van der Waals surface area contributed by atoms with Gasteiger partial charge < -0.3 is 21.5 Å². The number of para-hydroxylation sites is 1. The molecule has 122 valence electrons. The van der Waals surface area contributed by atoms with Gasteiger partial charge in [0.15, 0.2) is 11.6 Å². The number of nitrogens with zero attached hydrogens (tertiary/aromatic N) is 2. The minimum atomic E-state index is 0.322. The summed E-state index contributed by atoms with van der Waals surface area (Å²) in [7, 11) is 0. The number of hydrogen-bond acceptors (Lipinski definition) is 6. The van der Waals surface area contributed by atoms with Crippen molar-refractivity contribution in [2.75, 3.05) is 23.4 Å². The van der Waals surface area contributed by atoms with Gasteiger partial charge in [-0.2, -0.15) is 0 Å². The third kappa shape index (κ3) is 4.03. The van der Waals surface area contributed by atoms with E-state index < -0.39 is 0 Å². The van der Waals surface area contributed by atoms with Crippen molar-refractivity contribution in [1.29, 1.82) is 0 Å². The number of benzene rings is 1. The first kappa shape index (κ1) is 15.4. The third-order valence-corrected chi connectivity index (χ3v) is 4.27. The van der Waals surface area contributed by atoms with E-state index in [1.165, 1.54) is 19.2 Å². The third-order valence-electron chi connectivity index (χ3n) is 4.27. The zero-order valence-corrected chi connectivity index (χ0v) is 13.1. The molecule has 5 N–H and O–H groups in total. The lowest BCUT2D eigenvalue weighted by molar-refractivity contribution is 0.202. The van der Waals surface area contributed by atoms with Crippen molar-refractivity contribution in [3.63, 3.8) is 0 Å². The van der Waals surface area contributed by atoms with E-state index in [2.05, 4.69) is 15.3 Å². The van der Waals surface area contributed by atoms with Gasteiger partial charge in [0.2, 0.25) is 0 Å². The van der Waals surface area contributed by atoms with E-state index in [1.807, 2.05) is 30.3 Å². The number of anilines is 3. The van der Waals surface area contributed by atoms with Gasteiger partial charge in [-0.1, -0.05) is 24.6 Å². The Bertz CT molecular complexity index is 634. The van der Waals surface area contributed by atoms with Gasteiger partial charge in [0, 0.05) is 6.04 Å². The molecule has 1 aromatic heterocycles. The fourth-order valence-corrected chi connectivity index (χ4v) is 3.02. The van der Waals surface area contributed by atoms with Gasteiger partial charge in [-0.15, -0.1) is 0 Å². The quantitative estimate of drug-likeness (QED) is 0.785. The highest BCUT2D eigenvalue weighted by Crippen LogP contribution is 2.29. The van der Waals surface area contributed by atoms with Crippen LogP contribution in [0.2, 0.25) is 0 Å². The Hall–Kier alpha value is -2.50. The van der Waals surface area contributed by atoms with Crippen molar-refractivity contribution in [1.82, 2.24) is 9.97 Å². The zero-order valence-electron chi connectivity index (χ0n) is 13.1. The second-order valence-electron chi connectivity index (χ2n) is 6.02. The van der Waals surface area contributed by atoms with E-state index >= 15 is 0 Å². The van der Waals surface area contributed by atoms with Gasteiger partial charge >= 0.3 is 0 Å². The van der Waals surface area contributed by atoms with Crippen molar-refractivity contribution in [2.45, 2.75) is 31.7 Å². The van der Waals surface area contributed by atoms with Crippen LogP contribution in [0.15, 0.2) is 36.7 Å². The highest BCUT2D eigenvalue weighted by atomic mass is 16.5. The number of ether oxygens (including phenoxy) is 1.